The molecule has 1 aromatic rings. The molecule has 1 nitrogen and oxygen atoms in total. The van der Waals surface area contributed by atoms with E-state index in [1.54, 1.807) is 0 Å². The molecule has 1 atom stereocenters. The van der Waals surface area contributed by atoms with Crippen LogP contribution in [0.3, 0.4) is 0 Å². The summed E-state index contributed by atoms with van der Waals surface area (Å²) in [6, 6.07) is 8.79. The third kappa shape index (κ3) is 3.08. The van der Waals surface area contributed by atoms with Crippen LogP contribution in [0.4, 0.5) is 0 Å². The third-order valence-electron chi connectivity index (χ3n) is 3.42. The standard InChI is InChI=1S/C14H20BrN/c1-2-3-8-16-9-7-13(11-16)12-5-4-6-14(15)10-12/h4-6,10,13H,2-3,7-9,11H2,1H3. The molecule has 1 aromatic carbocycles. The van der Waals surface area contributed by atoms with E-state index in [1.807, 2.05) is 0 Å². The lowest BCUT2D eigenvalue weighted by Gasteiger charge is -2.15. The number of hydrogen-bond acceptors (Lipinski definition) is 1. The van der Waals surface area contributed by atoms with E-state index in [0.29, 0.717) is 0 Å². The summed E-state index contributed by atoms with van der Waals surface area (Å²) in [7, 11) is 0. The highest BCUT2D eigenvalue weighted by molar-refractivity contribution is 9.10. The quantitative estimate of drug-likeness (QED) is 0.805. The van der Waals surface area contributed by atoms with Gasteiger partial charge in [0.15, 0.2) is 0 Å². The van der Waals surface area contributed by atoms with Gasteiger partial charge in [0, 0.05) is 11.0 Å². The van der Waals surface area contributed by atoms with Gasteiger partial charge in [-0.15, -0.1) is 0 Å². The van der Waals surface area contributed by atoms with Crippen LogP contribution in [0.15, 0.2) is 28.7 Å². The molecule has 0 aliphatic carbocycles. The van der Waals surface area contributed by atoms with E-state index in [9.17, 15) is 0 Å². The van der Waals surface area contributed by atoms with Crippen molar-refractivity contribution in [3.8, 4) is 0 Å². The minimum absolute atomic E-state index is 0.745. The Hall–Kier alpha value is -0.340. The first-order valence-electron chi connectivity index (χ1n) is 6.27. The highest BCUT2D eigenvalue weighted by Gasteiger charge is 2.23. The number of rotatable bonds is 4. The van der Waals surface area contributed by atoms with Gasteiger partial charge in [0.2, 0.25) is 0 Å². The van der Waals surface area contributed by atoms with Crippen LogP contribution in [-0.2, 0) is 0 Å². The fraction of sp³-hybridized carbons (Fsp3) is 0.571. The number of benzene rings is 1. The number of likely N-dealkylation sites (tertiary alicyclic amines) is 1. The highest BCUT2D eigenvalue weighted by atomic mass is 79.9. The third-order valence-corrected chi connectivity index (χ3v) is 3.91. The van der Waals surface area contributed by atoms with E-state index in [-0.39, 0.29) is 0 Å². The van der Waals surface area contributed by atoms with Gasteiger partial charge in [0.25, 0.3) is 0 Å². The SMILES string of the molecule is CCCCN1CCC(c2cccc(Br)c2)C1. The second-order valence-electron chi connectivity index (χ2n) is 4.69. The first kappa shape index (κ1) is 12.1. The molecular formula is C14H20BrN. The summed E-state index contributed by atoms with van der Waals surface area (Å²) < 4.78 is 1.21. The smallest absolute Gasteiger partial charge is 0.0178 e. The predicted octanol–water partition coefficient (Wildman–Crippen LogP) is 4.04. The Morgan fingerprint density at radius 1 is 1.44 bits per heavy atom. The predicted molar refractivity (Wildman–Crippen MR) is 72.8 cm³/mol. The summed E-state index contributed by atoms with van der Waals surface area (Å²) in [6.45, 7) is 6.07. The lowest BCUT2D eigenvalue weighted by molar-refractivity contribution is 0.328. The topological polar surface area (TPSA) is 3.24 Å². The van der Waals surface area contributed by atoms with Crippen LogP contribution >= 0.6 is 15.9 Å². The Labute approximate surface area is 107 Å². The Kier molecular flexibility index (Phi) is 4.42. The lowest BCUT2D eigenvalue weighted by atomic mass is 9.99. The van der Waals surface area contributed by atoms with Crippen molar-refractivity contribution in [1.29, 1.82) is 0 Å². The molecule has 2 heteroatoms. The van der Waals surface area contributed by atoms with E-state index < -0.39 is 0 Å². The van der Waals surface area contributed by atoms with E-state index >= 15 is 0 Å². The second-order valence-corrected chi connectivity index (χ2v) is 5.61. The van der Waals surface area contributed by atoms with Crippen molar-refractivity contribution in [3.05, 3.63) is 34.3 Å². The molecule has 1 unspecified atom stereocenters. The zero-order chi connectivity index (χ0) is 11.4. The highest BCUT2D eigenvalue weighted by Crippen LogP contribution is 2.28. The maximum absolute atomic E-state index is 3.55. The summed E-state index contributed by atoms with van der Waals surface area (Å²) in [5, 5.41) is 0. The largest absolute Gasteiger partial charge is 0.303 e. The van der Waals surface area contributed by atoms with Crippen molar-refractivity contribution in [2.75, 3.05) is 19.6 Å². The Morgan fingerprint density at radius 3 is 3.06 bits per heavy atom. The van der Waals surface area contributed by atoms with Crippen LogP contribution in [-0.4, -0.2) is 24.5 Å². The zero-order valence-electron chi connectivity index (χ0n) is 9.95. The zero-order valence-corrected chi connectivity index (χ0v) is 11.5. The summed E-state index contributed by atoms with van der Waals surface area (Å²) in [4.78, 5) is 2.61. The van der Waals surface area contributed by atoms with Crippen LogP contribution in [0, 0.1) is 0 Å². The fourth-order valence-electron chi connectivity index (χ4n) is 2.45. The summed E-state index contributed by atoms with van der Waals surface area (Å²) >= 11 is 3.55. The van der Waals surface area contributed by atoms with Crippen molar-refractivity contribution >= 4 is 15.9 Å². The first-order chi connectivity index (χ1) is 7.79. The van der Waals surface area contributed by atoms with Gasteiger partial charge in [-0.3, -0.25) is 0 Å². The first-order valence-corrected chi connectivity index (χ1v) is 7.06. The summed E-state index contributed by atoms with van der Waals surface area (Å²) in [5.74, 6) is 0.745. The molecule has 0 radical (unpaired) electrons. The van der Waals surface area contributed by atoms with Crippen LogP contribution in [0.2, 0.25) is 0 Å². The van der Waals surface area contributed by atoms with Crippen molar-refractivity contribution < 1.29 is 0 Å². The molecule has 0 amide bonds. The molecule has 2 rings (SSSR count). The monoisotopic (exact) mass is 281 g/mol. The van der Waals surface area contributed by atoms with Crippen LogP contribution in [0.1, 0.15) is 37.7 Å². The minimum Gasteiger partial charge on any atom is -0.303 e. The van der Waals surface area contributed by atoms with Crippen molar-refractivity contribution in [1.82, 2.24) is 4.90 Å². The van der Waals surface area contributed by atoms with Gasteiger partial charge < -0.3 is 4.90 Å². The Balaban J connectivity index is 1.93. The maximum atomic E-state index is 3.55. The average Bonchev–Trinajstić information content (AvgIpc) is 2.75. The van der Waals surface area contributed by atoms with Gasteiger partial charge in [-0.2, -0.15) is 0 Å². The normalized spacial score (nSPS) is 21.5. The van der Waals surface area contributed by atoms with Gasteiger partial charge in [-0.05, 0) is 49.5 Å². The molecule has 0 spiro atoms. The van der Waals surface area contributed by atoms with E-state index in [2.05, 4.69) is 52.0 Å². The Morgan fingerprint density at radius 2 is 2.31 bits per heavy atom. The van der Waals surface area contributed by atoms with Gasteiger partial charge >= 0.3 is 0 Å². The molecule has 0 saturated carbocycles. The van der Waals surface area contributed by atoms with Gasteiger partial charge in [0.1, 0.15) is 0 Å². The summed E-state index contributed by atoms with van der Waals surface area (Å²) in [5.41, 5.74) is 1.49. The van der Waals surface area contributed by atoms with Gasteiger partial charge in [0.05, 0.1) is 0 Å². The van der Waals surface area contributed by atoms with Crippen LogP contribution in [0.25, 0.3) is 0 Å². The van der Waals surface area contributed by atoms with Crippen molar-refractivity contribution in [2.45, 2.75) is 32.1 Å². The maximum Gasteiger partial charge on any atom is 0.0178 e. The molecule has 0 N–H and O–H groups in total. The molecule has 1 fully saturated rings. The number of nitrogens with zero attached hydrogens (tertiary/aromatic N) is 1. The fourth-order valence-corrected chi connectivity index (χ4v) is 2.87. The van der Waals surface area contributed by atoms with Crippen LogP contribution in [0.5, 0.6) is 0 Å². The average molecular weight is 282 g/mol. The Bertz CT molecular complexity index is 337. The molecule has 88 valence electrons. The molecular weight excluding hydrogens is 262 g/mol. The molecule has 1 aliphatic rings. The summed E-state index contributed by atoms with van der Waals surface area (Å²) in [6.07, 6.45) is 3.96. The lowest BCUT2D eigenvalue weighted by Crippen LogP contribution is -2.21. The molecule has 16 heavy (non-hydrogen) atoms. The van der Waals surface area contributed by atoms with Gasteiger partial charge in [-0.25, -0.2) is 0 Å². The minimum atomic E-state index is 0.745. The van der Waals surface area contributed by atoms with Crippen molar-refractivity contribution in [3.63, 3.8) is 0 Å². The molecule has 1 heterocycles. The number of unbranched alkanes of at least 4 members (excludes halogenated alkanes) is 1. The number of hydrogen-bond donors (Lipinski definition) is 0. The van der Waals surface area contributed by atoms with E-state index in [4.69, 9.17) is 0 Å². The molecule has 0 aromatic heterocycles. The van der Waals surface area contributed by atoms with Gasteiger partial charge in [-0.1, -0.05) is 41.4 Å². The molecule has 1 saturated heterocycles. The number of halogens is 1. The van der Waals surface area contributed by atoms with Crippen LogP contribution < -0.4 is 0 Å². The van der Waals surface area contributed by atoms with Crippen molar-refractivity contribution in [2.24, 2.45) is 0 Å². The van der Waals surface area contributed by atoms with E-state index in [1.165, 1.54) is 48.9 Å². The molecule has 0 bridgehead atoms. The van der Waals surface area contributed by atoms with E-state index in [0.717, 1.165) is 5.92 Å². The second kappa shape index (κ2) is 5.83. The molecule has 1 aliphatic heterocycles.